The Bertz CT molecular complexity index is 559. The summed E-state index contributed by atoms with van der Waals surface area (Å²) in [4.78, 5) is 28.1. The van der Waals surface area contributed by atoms with Crippen LogP contribution in [0.3, 0.4) is 0 Å². The summed E-state index contributed by atoms with van der Waals surface area (Å²) in [5, 5.41) is 6.79. The zero-order chi connectivity index (χ0) is 16.2. The van der Waals surface area contributed by atoms with Gasteiger partial charge in [-0.3, -0.25) is 14.5 Å². The van der Waals surface area contributed by atoms with E-state index in [0.29, 0.717) is 31.1 Å². The molecule has 0 aromatic carbocycles. The maximum Gasteiger partial charge on any atom is 0.276 e. The molecule has 2 amide bonds. The number of hydrogen-bond donors (Lipinski definition) is 1. The van der Waals surface area contributed by atoms with E-state index in [0.717, 1.165) is 32.5 Å². The standard InChI is InChI=1S/C16H24N4O3/c1-12-11-14(18-23-12)16(22)20-9-7-19(8-10-20)6-5-17-15(21)13-3-2-4-13/h11,13H,2-10H2,1H3,(H,17,21). The van der Waals surface area contributed by atoms with Gasteiger partial charge in [-0.1, -0.05) is 11.6 Å². The average Bonchev–Trinajstić information content (AvgIpc) is 2.92. The van der Waals surface area contributed by atoms with Crippen molar-refractivity contribution in [3.05, 3.63) is 17.5 Å². The second kappa shape index (κ2) is 7.12. The predicted molar refractivity (Wildman–Crippen MR) is 83.9 cm³/mol. The van der Waals surface area contributed by atoms with Crippen molar-refractivity contribution in [2.24, 2.45) is 5.92 Å². The van der Waals surface area contributed by atoms with Crippen molar-refractivity contribution in [3.8, 4) is 0 Å². The minimum Gasteiger partial charge on any atom is -0.361 e. The van der Waals surface area contributed by atoms with E-state index in [2.05, 4.69) is 15.4 Å². The van der Waals surface area contributed by atoms with Crippen LogP contribution in [-0.2, 0) is 4.79 Å². The molecule has 2 heterocycles. The van der Waals surface area contributed by atoms with Crippen LogP contribution in [0.2, 0.25) is 0 Å². The van der Waals surface area contributed by atoms with E-state index >= 15 is 0 Å². The van der Waals surface area contributed by atoms with Crippen LogP contribution in [0.4, 0.5) is 0 Å². The number of carbonyl (C=O) groups excluding carboxylic acids is 2. The van der Waals surface area contributed by atoms with E-state index in [1.54, 1.807) is 17.9 Å². The number of aromatic nitrogens is 1. The highest BCUT2D eigenvalue weighted by Gasteiger charge is 2.26. The Labute approximate surface area is 136 Å². The molecule has 0 unspecified atom stereocenters. The molecule has 1 aliphatic carbocycles. The van der Waals surface area contributed by atoms with Gasteiger partial charge in [-0.05, 0) is 19.8 Å². The van der Waals surface area contributed by atoms with Crippen molar-refractivity contribution < 1.29 is 14.1 Å². The van der Waals surface area contributed by atoms with Gasteiger partial charge in [0.25, 0.3) is 5.91 Å². The first-order valence-corrected chi connectivity index (χ1v) is 8.36. The summed E-state index contributed by atoms with van der Waals surface area (Å²) in [5.41, 5.74) is 0.378. The van der Waals surface area contributed by atoms with E-state index in [-0.39, 0.29) is 17.7 Å². The summed E-state index contributed by atoms with van der Waals surface area (Å²) >= 11 is 0. The largest absolute Gasteiger partial charge is 0.361 e. The van der Waals surface area contributed by atoms with Gasteiger partial charge in [0.15, 0.2) is 5.69 Å². The number of amides is 2. The fraction of sp³-hybridized carbons (Fsp3) is 0.688. The van der Waals surface area contributed by atoms with Gasteiger partial charge in [0.2, 0.25) is 5.91 Å². The number of nitrogens with one attached hydrogen (secondary N) is 1. The van der Waals surface area contributed by atoms with Crippen LogP contribution in [0.15, 0.2) is 10.6 Å². The average molecular weight is 320 g/mol. The molecule has 1 saturated heterocycles. The number of rotatable bonds is 5. The van der Waals surface area contributed by atoms with Crippen molar-refractivity contribution in [2.75, 3.05) is 39.3 Å². The smallest absolute Gasteiger partial charge is 0.276 e. The minimum absolute atomic E-state index is 0.0696. The molecule has 7 nitrogen and oxygen atoms in total. The van der Waals surface area contributed by atoms with Gasteiger partial charge in [0.05, 0.1) is 0 Å². The summed E-state index contributed by atoms with van der Waals surface area (Å²) in [6.45, 7) is 6.31. The lowest BCUT2D eigenvalue weighted by Crippen LogP contribution is -2.50. The van der Waals surface area contributed by atoms with Crippen molar-refractivity contribution in [1.82, 2.24) is 20.3 Å². The summed E-state index contributed by atoms with van der Waals surface area (Å²) in [7, 11) is 0. The highest BCUT2D eigenvalue weighted by atomic mass is 16.5. The van der Waals surface area contributed by atoms with E-state index in [1.165, 1.54) is 6.42 Å². The van der Waals surface area contributed by atoms with Gasteiger partial charge >= 0.3 is 0 Å². The Morgan fingerprint density at radius 3 is 2.61 bits per heavy atom. The van der Waals surface area contributed by atoms with Crippen LogP contribution in [0.25, 0.3) is 0 Å². The van der Waals surface area contributed by atoms with Crippen molar-refractivity contribution in [3.63, 3.8) is 0 Å². The van der Waals surface area contributed by atoms with Crippen LogP contribution in [0, 0.1) is 12.8 Å². The number of hydrogen-bond acceptors (Lipinski definition) is 5. The minimum atomic E-state index is -0.0696. The third-order valence-electron chi connectivity index (χ3n) is 4.71. The first-order valence-electron chi connectivity index (χ1n) is 8.36. The zero-order valence-corrected chi connectivity index (χ0v) is 13.6. The molecule has 1 aliphatic heterocycles. The van der Waals surface area contributed by atoms with Gasteiger partial charge in [-0.2, -0.15) is 0 Å². The van der Waals surface area contributed by atoms with Crippen LogP contribution in [-0.4, -0.2) is 66.0 Å². The van der Waals surface area contributed by atoms with Crippen molar-refractivity contribution >= 4 is 11.8 Å². The molecule has 0 bridgehead atoms. The molecular weight excluding hydrogens is 296 g/mol. The zero-order valence-electron chi connectivity index (χ0n) is 13.6. The highest BCUT2D eigenvalue weighted by molar-refractivity contribution is 5.92. The summed E-state index contributed by atoms with van der Waals surface area (Å²) in [6, 6.07) is 1.67. The second-order valence-electron chi connectivity index (χ2n) is 6.38. The van der Waals surface area contributed by atoms with Crippen LogP contribution < -0.4 is 5.32 Å². The Balaban J connectivity index is 1.36. The maximum atomic E-state index is 12.3. The van der Waals surface area contributed by atoms with Crippen molar-refractivity contribution in [1.29, 1.82) is 0 Å². The molecule has 1 aromatic heterocycles. The summed E-state index contributed by atoms with van der Waals surface area (Å²) in [5.74, 6) is 1.02. The number of nitrogens with zero attached hydrogens (tertiary/aromatic N) is 3. The fourth-order valence-corrected chi connectivity index (χ4v) is 2.96. The van der Waals surface area contributed by atoms with E-state index < -0.39 is 0 Å². The topological polar surface area (TPSA) is 78.7 Å². The van der Waals surface area contributed by atoms with Gasteiger partial charge in [-0.15, -0.1) is 0 Å². The molecule has 1 aromatic rings. The lowest BCUT2D eigenvalue weighted by atomic mass is 9.85. The first kappa shape index (κ1) is 16.0. The fourth-order valence-electron chi connectivity index (χ4n) is 2.96. The highest BCUT2D eigenvalue weighted by Crippen LogP contribution is 2.25. The number of carbonyl (C=O) groups is 2. The van der Waals surface area contributed by atoms with E-state index in [4.69, 9.17) is 4.52 Å². The van der Waals surface area contributed by atoms with Crippen LogP contribution in [0.1, 0.15) is 35.5 Å². The third-order valence-corrected chi connectivity index (χ3v) is 4.71. The van der Waals surface area contributed by atoms with Crippen molar-refractivity contribution in [2.45, 2.75) is 26.2 Å². The quantitative estimate of drug-likeness (QED) is 0.862. The van der Waals surface area contributed by atoms with E-state index in [9.17, 15) is 9.59 Å². The number of aryl methyl sites for hydroxylation is 1. The maximum absolute atomic E-state index is 12.3. The lowest BCUT2D eigenvalue weighted by Gasteiger charge is -2.34. The Hall–Kier alpha value is -1.89. The molecule has 126 valence electrons. The Morgan fingerprint density at radius 1 is 1.30 bits per heavy atom. The molecule has 0 radical (unpaired) electrons. The summed E-state index contributed by atoms with van der Waals surface area (Å²) in [6.07, 6.45) is 3.25. The third kappa shape index (κ3) is 3.90. The molecule has 3 rings (SSSR count). The van der Waals surface area contributed by atoms with Gasteiger partial charge < -0.3 is 14.7 Å². The van der Waals surface area contributed by atoms with Crippen LogP contribution >= 0.6 is 0 Å². The molecule has 0 atom stereocenters. The summed E-state index contributed by atoms with van der Waals surface area (Å²) < 4.78 is 4.96. The molecule has 1 saturated carbocycles. The number of piperazine rings is 1. The Kier molecular flexibility index (Phi) is 4.95. The molecule has 7 heteroatoms. The van der Waals surface area contributed by atoms with E-state index in [1.807, 2.05) is 0 Å². The predicted octanol–water partition coefficient (Wildman–Crippen LogP) is 0.657. The van der Waals surface area contributed by atoms with Gasteiger partial charge in [0.1, 0.15) is 5.76 Å². The normalized spacial score (nSPS) is 19.4. The Morgan fingerprint density at radius 2 is 2.04 bits per heavy atom. The molecule has 2 fully saturated rings. The molecule has 0 spiro atoms. The monoisotopic (exact) mass is 320 g/mol. The second-order valence-corrected chi connectivity index (χ2v) is 6.38. The van der Waals surface area contributed by atoms with Crippen LogP contribution in [0.5, 0.6) is 0 Å². The molecule has 2 aliphatic rings. The van der Waals surface area contributed by atoms with Gasteiger partial charge in [0, 0.05) is 51.3 Å². The SMILES string of the molecule is Cc1cc(C(=O)N2CCN(CCNC(=O)C3CCC3)CC2)no1. The molecule has 23 heavy (non-hydrogen) atoms. The molecule has 1 N–H and O–H groups in total. The lowest BCUT2D eigenvalue weighted by molar-refractivity contribution is -0.127. The van der Waals surface area contributed by atoms with Gasteiger partial charge in [-0.25, -0.2) is 0 Å². The molecular formula is C16H24N4O3. The first-order chi connectivity index (χ1) is 11.1.